The number of methoxy groups -OCH3 is 1. The van der Waals surface area contributed by atoms with Crippen LogP contribution < -0.4 is 0 Å². The van der Waals surface area contributed by atoms with E-state index < -0.39 is 0 Å². The molecule has 2 heteroatoms. The van der Waals surface area contributed by atoms with Crippen molar-refractivity contribution in [3.8, 4) is 0 Å². The van der Waals surface area contributed by atoms with E-state index in [0.29, 0.717) is 17.6 Å². The van der Waals surface area contributed by atoms with E-state index >= 15 is 0 Å². The Hall–Kier alpha value is -0.370. The minimum absolute atomic E-state index is 0.258. The smallest absolute Gasteiger partial charge is 0.136 e. The van der Waals surface area contributed by atoms with Crippen molar-refractivity contribution in [2.75, 3.05) is 13.7 Å². The van der Waals surface area contributed by atoms with Gasteiger partial charge in [0.25, 0.3) is 0 Å². The molecular weight excluding hydrogens is 248 g/mol. The molecule has 1 saturated carbocycles. The van der Waals surface area contributed by atoms with E-state index in [0.717, 1.165) is 25.4 Å². The Kier molecular flexibility index (Phi) is 8.44. The van der Waals surface area contributed by atoms with Gasteiger partial charge in [0.05, 0.1) is 0 Å². The lowest BCUT2D eigenvalue weighted by atomic mass is 9.70. The van der Waals surface area contributed by atoms with Gasteiger partial charge in [0.15, 0.2) is 0 Å². The SMILES string of the molecule is COCC1CCCC(C)C1C(=O)CCCCCC(C)C. The van der Waals surface area contributed by atoms with Crippen LogP contribution in [0.4, 0.5) is 0 Å². The molecule has 0 aromatic rings. The van der Waals surface area contributed by atoms with Crippen molar-refractivity contribution < 1.29 is 9.53 Å². The van der Waals surface area contributed by atoms with Crippen LogP contribution in [0.15, 0.2) is 0 Å². The fourth-order valence-electron chi connectivity index (χ4n) is 3.70. The van der Waals surface area contributed by atoms with E-state index in [4.69, 9.17) is 4.74 Å². The summed E-state index contributed by atoms with van der Waals surface area (Å²) in [5.41, 5.74) is 0. The molecule has 0 saturated heterocycles. The standard InChI is InChI=1S/C18H34O2/c1-14(2)9-6-5-7-12-17(19)18-15(3)10-8-11-16(18)13-20-4/h14-16,18H,5-13H2,1-4H3. The van der Waals surface area contributed by atoms with Crippen molar-refractivity contribution in [1.82, 2.24) is 0 Å². The van der Waals surface area contributed by atoms with Gasteiger partial charge in [-0.15, -0.1) is 0 Å². The molecule has 1 aliphatic rings. The minimum atomic E-state index is 0.258. The van der Waals surface area contributed by atoms with Gasteiger partial charge in [-0.05, 0) is 37.0 Å². The summed E-state index contributed by atoms with van der Waals surface area (Å²) < 4.78 is 5.33. The minimum Gasteiger partial charge on any atom is -0.384 e. The summed E-state index contributed by atoms with van der Waals surface area (Å²) in [6.45, 7) is 7.55. The Morgan fingerprint density at radius 2 is 1.95 bits per heavy atom. The highest BCUT2D eigenvalue weighted by molar-refractivity contribution is 5.81. The van der Waals surface area contributed by atoms with Crippen molar-refractivity contribution in [3.05, 3.63) is 0 Å². The van der Waals surface area contributed by atoms with E-state index in [2.05, 4.69) is 20.8 Å². The van der Waals surface area contributed by atoms with Crippen LogP contribution >= 0.6 is 0 Å². The Morgan fingerprint density at radius 3 is 2.60 bits per heavy atom. The number of ketones is 1. The normalized spacial score (nSPS) is 26.9. The molecule has 0 aliphatic heterocycles. The summed E-state index contributed by atoms with van der Waals surface area (Å²) >= 11 is 0. The van der Waals surface area contributed by atoms with Gasteiger partial charge in [-0.3, -0.25) is 4.79 Å². The molecule has 20 heavy (non-hydrogen) atoms. The molecular formula is C18H34O2. The predicted molar refractivity (Wildman–Crippen MR) is 84.8 cm³/mol. The van der Waals surface area contributed by atoms with Gasteiger partial charge < -0.3 is 4.74 Å². The average molecular weight is 282 g/mol. The second-order valence-corrected chi connectivity index (χ2v) is 7.11. The van der Waals surface area contributed by atoms with Gasteiger partial charge in [0.1, 0.15) is 5.78 Å². The van der Waals surface area contributed by atoms with E-state index in [9.17, 15) is 4.79 Å². The first-order valence-corrected chi connectivity index (χ1v) is 8.57. The number of hydrogen-bond donors (Lipinski definition) is 0. The third kappa shape index (κ3) is 5.95. The third-order valence-electron chi connectivity index (χ3n) is 4.81. The predicted octanol–water partition coefficient (Wildman–Crippen LogP) is 4.86. The molecule has 118 valence electrons. The van der Waals surface area contributed by atoms with E-state index in [1.54, 1.807) is 7.11 Å². The molecule has 3 unspecified atom stereocenters. The van der Waals surface area contributed by atoms with Crippen molar-refractivity contribution in [1.29, 1.82) is 0 Å². The lowest BCUT2D eigenvalue weighted by molar-refractivity contribution is -0.128. The van der Waals surface area contributed by atoms with Crippen LogP contribution in [0.5, 0.6) is 0 Å². The van der Waals surface area contributed by atoms with Gasteiger partial charge >= 0.3 is 0 Å². The van der Waals surface area contributed by atoms with Crippen molar-refractivity contribution in [3.63, 3.8) is 0 Å². The first-order valence-electron chi connectivity index (χ1n) is 8.57. The molecule has 3 atom stereocenters. The van der Waals surface area contributed by atoms with Crippen LogP contribution in [-0.2, 0) is 9.53 Å². The molecule has 0 radical (unpaired) electrons. The highest BCUT2D eigenvalue weighted by atomic mass is 16.5. The van der Waals surface area contributed by atoms with Gasteiger partial charge in [-0.2, -0.15) is 0 Å². The zero-order valence-electron chi connectivity index (χ0n) is 14.0. The van der Waals surface area contributed by atoms with Crippen molar-refractivity contribution >= 4 is 5.78 Å². The van der Waals surface area contributed by atoms with Gasteiger partial charge in [-0.25, -0.2) is 0 Å². The van der Waals surface area contributed by atoms with Gasteiger partial charge in [0, 0.05) is 26.1 Å². The van der Waals surface area contributed by atoms with Crippen molar-refractivity contribution in [2.24, 2.45) is 23.7 Å². The molecule has 0 heterocycles. The van der Waals surface area contributed by atoms with E-state index in [-0.39, 0.29) is 5.92 Å². The Balaban J connectivity index is 2.34. The second kappa shape index (κ2) is 9.55. The number of carbonyl (C=O) groups excluding carboxylic acids is 1. The zero-order chi connectivity index (χ0) is 15.0. The Morgan fingerprint density at radius 1 is 1.20 bits per heavy atom. The van der Waals surface area contributed by atoms with Gasteiger partial charge in [0.2, 0.25) is 0 Å². The highest BCUT2D eigenvalue weighted by Gasteiger charge is 2.35. The van der Waals surface area contributed by atoms with E-state index in [1.165, 1.54) is 38.5 Å². The molecule has 1 aliphatic carbocycles. The quantitative estimate of drug-likeness (QED) is 0.564. The molecule has 0 aromatic carbocycles. The number of unbranched alkanes of at least 4 members (excludes halogenated alkanes) is 2. The molecule has 0 amide bonds. The second-order valence-electron chi connectivity index (χ2n) is 7.11. The van der Waals surface area contributed by atoms with Gasteiger partial charge in [-0.1, -0.05) is 46.5 Å². The third-order valence-corrected chi connectivity index (χ3v) is 4.81. The summed E-state index contributed by atoms with van der Waals surface area (Å²) in [5, 5.41) is 0. The number of ether oxygens (including phenoxy) is 1. The maximum Gasteiger partial charge on any atom is 0.136 e. The van der Waals surface area contributed by atoms with Crippen LogP contribution in [0.2, 0.25) is 0 Å². The van der Waals surface area contributed by atoms with Crippen LogP contribution in [0.25, 0.3) is 0 Å². The summed E-state index contributed by atoms with van der Waals surface area (Å²) in [4.78, 5) is 12.5. The highest BCUT2D eigenvalue weighted by Crippen LogP contribution is 2.36. The summed E-state index contributed by atoms with van der Waals surface area (Å²) in [5.74, 6) is 2.56. The molecule has 1 rings (SSSR count). The molecule has 0 bridgehead atoms. The molecule has 2 nitrogen and oxygen atoms in total. The number of rotatable bonds is 9. The van der Waals surface area contributed by atoms with E-state index in [1.807, 2.05) is 0 Å². The molecule has 1 fully saturated rings. The van der Waals surface area contributed by atoms with Crippen LogP contribution in [0, 0.1) is 23.7 Å². The summed E-state index contributed by atoms with van der Waals surface area (Å²) in [7, 11) is 1.76. The Labute approximate surface area is 125 Å². The lowest BCUT2D eigenvalue weighted by Crippen LogP contribution is -2.35. The molecule has 0 aromatic heterocycles. The number of carbonyl (C=O) groups is 1. The zero-order valence-corrected chi connectivity index (χ0v) is 14.0. The number of hydrogen-bond acceptors (Lipinski definition) is 2. The Bertz CT molecular complexity index is 271. The van der Waals surface area contributed by atoms with Crippen LogP contribution in [0.3, 0.4) is 0 Å². The largest absolute Gasteiger partial charge is 0.384 e. The van der Waals surface area contributed by atoms with Crippen LogP contribution in [0.1, 0.15) is 72.1 Å². The monoisotopic (exact) mass is 282 g/mol. The summed E-state index contributed by atoms with van der Waals surface area (Å²) in [6, 6.07) is 0. The lowest BCUT2D eigenvalue weighted by Gasteiger charge is -2.35. The maximum atomic E-state index is 12.5. The van der Waals surface area contributed by atoms with Crippen LogP contribution in [-0.4, -0.2) is 19.5 Å². The van der Waals surface area contributed by atoms with Crippen molar-refractivity contribution in [2.45, 2.75) is 72.1 Å². The first-order chi connectivity index (χ1) is 9.56. The molecule has 0 spiro atoms. The molecule has 0 N–H and O–H groups in total. The summed E-state index contributed by atoms with van der Waals surface area (Å²) in [6.07, 6.45) is 9.27. The fourth-order valence-corrected chi connectivity index (χ4v) is 3.70. The number of Topliss-reactive ketones (excluding diaryl/α,β-unsaturated/α-hetero) is 1. The maximum absolute atomic E-state index is 12.5. The first kappa shape index (κ1) is 17.7. The fraction of sp³-hybridized carbons (Fsp3) is 0.944. The topological polar surface area (TPSA) is 26.3 Å². The average Bonchev–Trinajstić information content (AvgIpc) is 2.38.